The molecule has 0 aliphatic carbocycles. The number of amides is 2. The van der Waals surface area contributed by atoms with E-state index in [0.29, 0.717) is 5.56 Å². The number of ether oxygens (including phenoxy) is 1. The largest absolute Gasteiger partial charge is 0.456 e. The molecule has 0 fully saturated rings. The highest BCUT2D eigenvalue weighted by Crippen LogP contribution is 2.25. The van der Waals surface area contributed by atoms with Crippen molar-refractivity contribution in [1.82, 2.24) is 4.90 Å². The van der Waals surface area contributed by atoms with E-state index in [2.05, 4.69) is 0 Å². The SMILES string of the molecule is Cc1cc(C)c(C(=O)COC(=O)[C@H](C)N2C(=O)c3ccccc3C2=O)c(C)c1C. The van der Waals surface area contributed by atoms with Gasteiger partial charge in [-0.15, -0.1) is 0 Å². The Bertz CT molecular complexity index is 1020. The van der Waals surface area contributed by atoms with Gasteiger partial charge in [0.1, 0.15) is 6.04 Å². The molecule has 0 unspecified atom stereocenters. The summed E-state index contributed by atoms with van der Waals surface area (Å²) >= 11 is 0. The van der Waals surface area contributed by atoms with Crippen molar-refractivity contribution in [3.63, 3.8) is 0 Å². The fourth-order valence-electron chi connectivity index (χ4n) is 3.71. The molecule has 6 heteroatoms. The Hall–Kier alpha value is -3.28. The summed E-state index contributed by atoms with van der Waals surface area (Å²) in [4.78, 5) is 51.0. The van der Waals surface area contributed by atoms with Crippen molar-refractivity contribution in [2.45, 2.75) is 40.7 Å². The van der Waals surface area contributed by atoms with E-state index in [1.807, 2.05) is 33.8 Å². The predicted octanol–water partition coefficient (Wildman–Crippen LogP) is 3.33. The van der Waals surface area contributed by atoms with Gasteiger partial charge in [-0.1, -0.05) is 18.2 Å². The number of benzene rings is 2. The lowest BCUT2D eigenvalue weighted by atomic mass is 9.92. The van der Waals surface area contributed by atoms with Crippen LogP contribution in [0.2, 0.25) is 0 Å². The standard InChI is InChI=1S/C23H23NO5/c1-12-10-13(2)20(15(4)14(12)3)19(25)11-29-23(28)16(5)24-21(26)17-8-6-7-9-18(17)22(24)27/h6-10,16H,11H2,1-5H3/t16-/m0/s1. The molecule has 0 radical (unpaired) electrons. The lowest BCUT2D eigenvalue weighted by Gasteiger charge is -2.21. The Balaban J connectivity index is 1.72. The van der Waals surface area contributed by atoms with E-state index >= 15 is 0 Å². The summed E-state index contributed by atoms with van der Waals surface area (Å²) in [5.74, 6) is -2.19. The number of fused-ring (bicyclic) bond motifs is 1. The van der Waals surface area contributed by atoms with Crippen molar-refractivity contribution in [2.24, 2.45) is 0 Å². The van der Waals surface area contributed by atoms with Crippen LogP contribution in [0.5, 0.6) is 0 Å². The zero-order valence-corrected chi connectivity index (χ0v) is 17.2. The van der Waals surface area contributed by atoms with Crippen LogP contribution in [0.15, 0.2) is 30.3 Å². The van der Waals surface area contributed by atoms with Gasteiger partial charge in [0.15, 0.2) is 6.61 Å². The molecule has 0 N–H and O–H groups in total. The Kier molecular flexibility index (Phi) is 5.38. The zero-order chi connectivity index (χ0) is 21.5. The van der Waals surface area contributed by atoms with Gasteiger partial charge in [-0.3, -0.25) is 19.3 Å². The molecule has 3 rings (SSSR count). The molecule has 1 atom stereocenters. The number of esters is 1. The molecule has 0 aromatic heterocycles. The number of ketones is 1. The second kappa shape index (κ2) is 7.62. The monoisotopic (exact) mass is 393 g/mol. The fraction of sp³-hybridized carbons (Fsp3) is 0.304. The van der Waals surface area contributed by atoms with Gasteiger partial charge in [-0.05, 0) is 69.0 Å². The van der Waals surface area contributed by atoms with Crippen LogP contribution in [0.25, 0.3) is 0 Å². The lowest BCUT2D eigenvalue weighted by Crippen LogP contribution is -2.44. The van der Waals surface area contributed by atoms with Crippen molar-refractivity contribution in [2.75, 3.05) is 6.61 Å². The van der Waals surface area contributed by atoms with E-state index in [0.717, 1.165) is 27.2 Å². The molecule has 2 amide bonds. The molecule has 0 bridgehead atoms. The van der Waals surface area contributed by atoms with Gasteiger partial charge in [-0.2, -0.15) is 0 Å². The molecule has 0 saturated carbocycles. The third-order valence-electron chi connectivity index (χ3n) is 5.53. The Labute approximate surface area is 169 Å². The average molecular weight is 393 g/mol. The molecule has 0 saturated heterocycles. The minimum atomic E-state index is -1.13. The van der Waals surface area contributed by atoms with Crippen LogP contribution in [-0.2, 0) is 9.53 Å². The first-order valence-corrected chi connectivity index (χ1v) is 9.39. The number of rotatable bonds is 5. The summed E-state index contributed by atoms with van der Waals surface area (Å²) in [6.45, 7) is 8.60. The third-order valence-corrected chi connectivity index (χ3v) is 5.53. The van der Waals surface area contributed by atoms with Gasteiger partial charge >= 0.3 is 5.97 Å². The quantitative estimate of drug-likeness (QED) is 0.442. The van der Waals surface area contributed by atoms with Crippen molar-refractivity contribution in [3.05, 3.63) is 69.3 Å². The number of carbonyl (C=O) groups excluding carboxylic acids is 4. The number of hydrogen-bond acceptors (Lipinski definition) is 5. The van der Waals surface area contributed by atoms with Gasteiger partial charge in [0, 0.05) is 5.56 Å². The van der Waals surface area contributed by atoms with Crippen molar-refractivity contribution >= 4 is 23.6 Å². The van der Waals surface area contributed by atoms with Crippen LogP contribution in [-0.4, -0.2) is 41.1 Å². The van der Waals surface area contributed by atoms with E-state index < -0.39 is 30.4 Å². The van der Waals surface area contributed by atoms with Crippen LogP contribution in [0.4, 0.5) is 0 Å². The molecule has 1 aliphatic rings. The summed E-state index contributed by atoms with van der Waals surface area (Å²) in [5, 5.41) is 0. The average Bonchev–Trinajstić information content (AvgIpc) is 2.94. The molecule has 1 aliphatic heterocycles. The van der Waals surface area contributed by atoms with E-state index in [-0.39, 0.29) is 16.9 Å². The van der Waals surface area contributed by atoms with E-state index in [4.69, 9.17) is 4.74 Å². The highest BCUT2D eigenvalue weighted by Gasteiger charge is 2.41. The highest BCUT2D eigenvalue weighted by molar-refractivity contribution is 6.22. The molecule has 0 spiro atoms. The molecule has 29 heavy (non-hydrogen) atoms. The molecular weight excluding hydrogens is 370 g/mol. The summed E-state index contributed by atoms with van der Waals surface area (Å²) in [6, 6.07) is 7.20. The number of imide groups is 1. The van der Waals surface area contributed by atoms with Gasteiger partial charge in [0.25, 0.3) is 11.8 Å². The molecule has 2 aromatic carbocycles. The summed E-state index contributed by atoms with van der Waals surface area (Å²) < 4.78 is 5.17. The Morgan fingerprint density at radius 2 is 1.48 bits per heavy atom. The van der Waals surface area contributed by atoms with E-state index in [9.17, 15) is 19.2 Å². The van der Waals surface area contributed by atoms with E-state index in [1.165, 1.54) is 6.92 Å². The van der Waals surface area contributed by atoms with Crippen molar-refractivity contribution in [1.29, 1.82) is 0 Å². The maximum Gasteiger partial charge on any atom is 0.329 e. The van der Waals surface area contributed by atoms with Crippen molar-refractivity contribution in [3.8, 4) is 0 Å². The van der Waals surface area contributed by atoms with Crippen LogP contribution in [0.1, 0.15) is 60.3 Å². The Morgan fingerprint density at radius 1 is 0.931 bits per heavy atom. The number of carbonyl (C=O) groups is 4. The fourth-order valence-corrected chi connectivity index (χ4v) is 3.71. The summed E-state index contributed by atoms with van der Waals surface area (Å²) in [6.07, 6.45) is 0. The number of hydrogen-bond donors (Lipinski definition) is 0. The lowest BCUT2D eigenvalue weighted by molar-refractivity contribution is -0.146. The first-order valence-electron chi connectivity index (χ1n) is 9.39. The maximum absolute atomic E-state index is 12.7. The van der Waals surface area contributed by atoms with Gasteiger partial charge in [0.2, 0.25) is 5.78 Å². The predicted molar refractivity (Wildman–Crippen MR) is 107 cm³/mol. The maximum atomic E-state index is 12.7. The number of aryl methyl sites for hydroxylation is 2. The minimum absolute atomic E-state index is 0.259. The highest BCUT2D eigenvalue weighted by atomic mass is 16.5. The first kappa shape index (κ1) is 20.5. The minimum Gasteiger partial charge on any atom is -0.456 e. The smallest absolute Gasteiger partial charge is 0.329 e. The van der Waals surface area contributed by atoms with Crippen LogP contribution in [0, 0.1) is 27.7 Å². The van der Waals surface area contributed by atoms with Crippen LogP contribution >= 0.6 is 0 Å². The second-order valence-electron chi connectivity index (χ2n) is 7.37. The number of nitrogens with zero attached hydrogens (tertiary/aromatic N) is 1. The van der Waals surface area contributed by atoms with Gasteiger partial charge < -0.3 is 4.74 Å². The van der Waals surface area contributed by atoms with Crippen LogP contribution < -0.4 is 0 Å². The Morgan fingerprint density at radius 3 is 2.03 bits per heavy atom. The van der Waals surface area contributed by atoms with Gasteiger partial charge in [0.05, 0.1) is 11.1 Å². The molecule has 2 aromatic rings. The number of Topliss-reactive ketones (excluding diaryl/α,β-unsaturated/α-hetero) is 1. The van der Waals surface area contributed by atoms with E-state index in [1.54, 1.807) is 24.3 Å². The molecule has 1 heterocycles. The van der Waals surface area contributed by atoms with Crippen molar-refractivity contribution < 1.29 is 23.9 Å². The molecule has 150 valence electrons. The summed E-state index contributed by atoms with van der Waals surface area (Å²) in [7, 11) is 0. The first-order chi connectivity index (χ1) is 13.6. The zero-order valence-electron chi connectivity index (χ0n) is 17.2. The normalized spacial score (nSPS) is 14.0. The molecular formula is C23H23NO5. The van der Waals surface area contributed by atoms with Gasteiger partial charge in [-0.25, -0.2) is 4.79 Å². The summed E-state index contributed by atoms with van der Waals surface area (Å²) in [5.41, 5.74) is 4.84. The second-order valence-corrected chi connectivity index (χ2v) is 7.37. The topological polar surface area (TPSA) is 80.8 Å². The third kappa shape index (κ3) is 3.46. The molecule has 6 nitrogen and oxygen atoms in total. The van der Waals surface area contributed by atoms with Crippen LogP contribution in [0.3, 0.4) is 0 Å².